The Morgan fingerprint density at radius 1 is 1.31 bits per heavy atom. The lowest BCUT2D eigenvalue weighted by Crippen LogP contribution is -2.10. The number of anilines is 1. The highest BCUT2D eigenvalue weighted by Gasteiger charge is 2.13. The molecular formula is C11H11N3O2. The lowest BCUT2D eigenvalue weighted by atomic mass is 10.1. The first kappa shape index (κ1) is 10.4. The lowest BCUT2D eigenvalue weighted by Gasteiger charge is -2.00. The molecule has 1 heterocycles. The number of benzene rings is 1. The van der Waals surface area contributed by atoms with Crippen molar-refractivity contribution in [2.75, 3.05) is 5.32 Å². The summed E-state index contributed by atoms with van der Waals surface area (Å²) in [6.45, 7) is 1.77. The van der Waals surface area contributed by atoms with Crippen LogP contribution in [-0.4, -0.2) is 16.2 Å². The van der Waals surface area contributed by atoms with Crippen LogP contribution in [0.2, 0.25) is 0 Å². The smallest absolute Gasteiger partial charge is 0.225 e. The largest absolute Gasteiger partial charge is 0.306 e. The van der Waals surface area contributed by atoms with Gasteiger partial charge in [-0.15, -0.1) is 0 Å². The summed E-state index contributed by atoms with van der Waals surface area (Å²) in [7, 11) is 0. The van der Waals surface area contributed by atoms with Gasteiger partial charge in [-0.05, 0) is 10.3 Å². The van der Waals surface area contributed by atoms with E-state index in [0.29, 0.717) is 17.9 Å². The molecule has 0 fully saturated rings. The number of carbonyl (C=O) groups excluding carboxylic acids is 1. The van der Waals surface area contributed by atoms with Crippen LogP contribution in [0.4, 0.5) is 5.82 Å². The van der Waals surface area contributed by atoms with Gasteiger partial charge in [-0.25, -0.2) is 4.63 Å². The fourth-order valence-electron chi connectivity index (χ4n) is 1.28. The summed E-state index contributed by atoms with van der Waals surface area (Å²) in [5.41, 5.74) is 1.40. The summed E-state index contributed by atoms with van der Waals surface area (Å²) >= 11 is 0. The van der Waals surface area contributed by atoms with Crippen molar-refractivity contribution in [3.63, 3.8) is 0 Å². The van der Waals surface area contributed by atoms with Crippen LogP contribution in [0.5, 0.6) is 0 Å². The zero-order valence-corrected chi connectivity index (χ0v) is 8.80. The van der Waals surface area contributed by atoms with E-state index in [-0.39, 0.29) is 5.91 Å². The molecule has 16 heavy (non-hydrogen) atoms. The molecule has 0 aliphatic rings. The molecule has 0 unspecified atom stereocenters. The molecule has 5 nitrogen and oxygen atoms in total. The molecule has 2 aromatic rings. The second kappa shape index (κ2) is 4.57. The zero-order valence-electron chi connectivity index (χ0n) is 8.80. The van der Waals surface area contributed by atoms with E-state index < -0.39 is 0 Å². The summed E-state index contributed by atoms with van der Waals surface area (Å²) in [4.78, 5) is 11.2. The number of amides is 1. The topological polar surface area (TPSA) is 68.0 Å². The minimum absolute atomic E-state index is 0.118. The Bertz CT molecular complexity index is 479. The van der Waals surface area contributed by atoms with E-state index in [1.165, 1.54) is 0 Å². The number of carbonyl (C=O) groups is 1. The molecule has 1 N–H and O–H groups in total. The van der Waals surface area contributed by atoms with Gasteiger partial charge < -0.3 is 5.32 Å². The van der Waals surface area contributed by atoms with Crippen LogP contribution in [0.3, 0.4) is 0 Å². The van der Waals surface area contributed by atoms with Gasteiger partial charge in [0, 0.05) is 12.0 Å². The van der Waals surface area contributed by atoms with Crippen molar-refractivity contribution < 1.29 is 9.42 Å². The van der Waals surface area contributed by atoms with Gasteiger partial charge in [0.15, 0.2) is 5.69 Å². The third-order valence-electron chi connectivity index (χ3n) is 2.11. The van der Waals surface area contributed by atoms with E-state index in [4.69, 9.17) is 0 Å². The molecule has 1 aromatic carbocycles. The van der Waals surface area contributed by atoms with Crippen LogP contribution in [0, 0.1) is 0 Å². The van der Waals surface area contributed by atoms with Gasteiger partial charge >= 0.3 is 0 Å². The first-order valence-electron chi connectivity index (χ1n) is 4.99. The monoisotopic (exact) mass is 217 g/mol. The average molecular weight is 217 g/mol. The van der Waals surface area contributed by atoms with Crippen molar-refractivity contribution >= 4 is 11.7 Å². The normalized spacial score (nSPS) is 10.1. The van der Waals surface area contributed by atoms with Crippen molar-refractivity contribution in [3.05, 3.63) is 30.3 Å². The van der Waals surface area contributed by atoms with Crippen LogP contribution in [0.15, 0.2) is 35.0 Å². The van der Waals surface area contributed by atoms with E-state index in [1.54, 1.807) is 6.92 Å². The summed E-state index contributed by atoms with van der Waals surface area (Å²) in [5, 5.41) is 10.1. The highest BCUT2D eigenvalue weighted by molar-refractivity contribution is 5.92. The summed E-state index contributed by atoms with van der Waals surface area (Å²) in [5.74, 6) is 0.242. The van der Waals surface area contributed by atoms with Gasteiger partial charge in [-0.2, -0.15) is 0 Å². The van der Waals surface area contributed by atoms with Crippen molar-refractivity contribution in [3.8, 4) is 11.3 Å². The number of nitrogens with one attached hydrogen (secondary N) is 1. The number of hydrogen-bond donors (Lipinski definition) is 1. The first-order valence-corrected chi connectivity index (χ1v) is 4.99. The standard InChI is InChI=1S/C11H11N3O2/c1-2-9(15)12-11-10(13-16-14-11)8-6-4-3-5-7-8/h3-7H,2H2,1H3,(H,12,14,15). The third-order valence-corrected chi connectivity index (χ3v) is 2.11. The second-order valence-electron chi connectivity index (χ2n) is 3.23. The van der Waals surface area contributed by atoms with E-state index in [2.05, 4.69) is 20.3 Å². The molecule has 2 rings (SSSR count). The third kappa shape index (κ3) is 2.08. The van der Waals surface area contributed by atoms with Gasteiger partial charge in [0.2, 0.25) is 11.7 Å². The highest BCUT2D eigenvalue weighted by atomic mass is 16.6. The Balaban J connectivity index is 2.29. The van der Waals surface area contributed by atoms with E-state index in [0.717, 1.165) is 5.56 Å². The number of aromatic nitrogens is 2. The molecule has 0 aliphatic carbocycles. The summed E-state index contributed by atoms with van der Waals surface area (Å²) in [6, 6.07) is 9.43. The summed E-state index contributed by atoms with van der Waals surface area (Å²) < 4.78 is 4.63. The first-order chi connectivity index (χ1) is 7.81. The Labute approximate surface area is 92.4 Å². The van der Waals surface area contributed by atoms with E-state index >= 15 is 0 Å². The quantitative estimate of drug-likeness (QED) is 0.854. The lowest BCUT2D eigenvalue weighted by molar-refractivity contribution is -0.115. The Hall–Kier alpha value is -2.17. The molecule has 1 amide bonds. The van der Waals surface area contributed by atoms with Gasteiger partial charge in [-0.3, -0.25) is 4.79 Å². The molecule has 0 bridgehead atoms. The predicted molar refractivity (Wildman–Crippen MR) is 58.7 cm³/mol. The number of rotatable bonds is 3. The fourth-order valence-corrected chi connectivity index (χ4v) is 1.28. The minimum Gasteiger partial charge on any atom is -0.306 e. The van der Waals surface area contributed by atoms with E-state index in [1.807, 2.05) is 30.3 Å². The van der Waals surface area contributed by atoms with Crippen LogP contribution in [-0.2, 0) is 4.79 Å². The molecule has 0 atom stereocenters. The summed E-state index contributed by atoms with van der Waals surface area (Å²) in [6.07, 6.45) is 0.390. The maximum atomic E-state index is 11.2. The average Bonchev–Trinajstić information content (AvgIpc) is 2.78. The predicted octanol–water partition coefficient (Wildman–Crippen LogP) is 2.09. The molecule has 0 aliphatic heterocycles. The van der Waals surface area contributed by atoms with Gasteiger partial charge in [0.1, 0.15) is 0 Å². The molecule has 5 heteroatoms. The molecular weight excluding hydrogens is 206 g/mol. The fraction of sp³-hybridized carbons (Fsp3) is 0.182. The Morgan fingerprint density at radius 3 is 2.75 bits per heavy atom. The number of nitrogens with zero attached hydrogens (tertiary/aromatic N) is 2. The van der Waals surface area contributed by atoms with Crippen LogP contribution in [0.25, 0.3) is 11.3 Å². The molecule has 0 saturated carbocycles. The van der Waals surface area contributed by atoms with Crippen LogP contribution >= 0.6 is 0 Å². The van der Waals surface area contributed by atoms with Crippen molar-refractivity contribution in [2.45, 2.75) is 13.3 Å². The zero-order chi connectivity index (χ0) is 11.4. The number of hydrogen-bond acceptors (Lipinski definition) is 4. The van der Waals surface area contributed by atoms with Crippen molar-refractivity contribution in [1.82, 2.24) is 10.3 Å². The van der Waals surface area contributed by atoms with Crippen LogP contribution < -0.4 is 5.32 Å². The molecule has 82 valence electrons. The molecule has 0 saturated heterocycles. The van der Waals surface area contributed by atoms with Crippen LogP contribution in [0.1, 0.15) is 13.3 Å². The maximum absolute atomic E-state index is 11.2. The van der Waals surface area contributed by atoms with Crippen molar-refractivity contribution in [2.24, 2.45) is 0 Å². The van der Waals surface area contributed by atoms with Crippen molar-refractivity contribution in [1.29, 1.82) is 0 Å². The minimum atomic E-state index is -0.118. The maximum Gasteiger partial charge on any atom is 0.225 e. The van der Waals surface area contributed by atoms with E-state index in [9.17, 15) is 4.79 Å². The molecule has 0 radical (unpaired) electrons. The van der Waals surface area contributed by atoms with Gasteiger partial charge in [-0.1, -0.05) is 37.3 Å². The molecule has 0 spiro atoms. The second-order valence-corrected chi connectivity index (χ2v) is 3.23. The van der Waals surface area contributed by atoms with Gasteiger partial charge in [0.05, 0.1) is 0 Å². The molecule has 1 aromatic heterocycles. The highest BCUT2D eigenvalue weighted by Crippen LogP contribution is 2.23. The Morgan fingerprint density at radius 2 is 2.06 bits per heavy atom. The van der Waals surface area contributed by atoms with Gasteiger partial charge in [0.25, 0.3) is 0 Å². The Kier molecular flexibility index (Phi) is 2.95. The SMILES string of the molecule is CCC(=O)Nc1nonc1-c1ccccc1.